The number of benzene rings is 6. The van der Waals surface area contributed by atoms with Gasteiger partial charge in [0, 0.05) is 32.7 Å². The minimum atomic E-state index is 0.667. The lowest BCUT2D eigenvalue weighted by Gasteiger charge is -2.23. The minimum Gasteiger partial charge on any atom is -0.278 e. The first-order valence-electron chi connectivity index (χ1n) is 22.5. The minimum absolute atomic E-state index is 0.667. The summed E-state index contributed by atoms with van der Waals surface area (Å²) < 4.78 is 4.63. The zero-order valence-corrected chi connectivity index (χ0v) is 35.2. The molecule has 4 aromatic heterocycles. The van der Waals surface area contributed by atoms with Crippen LogP contribution in [0.3, 0.4) is 0 Å². The molecule has 0 spiro atoms. The fraction of sp³-hybridized carbons (Fsp3) is 0.103. The molecule has 6 nitrogen and oxygen atoms in total. The van der Waals surface area contributed by atoms with E-state index >= 15 is 0 Å². The van der Waals surface area contributed by atoms with Gasteiger partial charge in [-0.3, -0.25) is 9.13 Å². The number of allylic oxidation sites excluding steroid dienone is 8. The van der Waals surface area contributed by atoms with Crippen LogP contribution in [0.1, 0.15) is 48.2 Å². The molecular weight excluding hydrogens is 781 g/mol. The Kier molecular flexibility index (Phi) is 8.51. The second-order valence-electron chi connectivity index (χ2n) is 17.1. The summed E-state index contributed by atoms with van der Waals surface area (Å²) in [4.78, 5) is 21.5. The van der Waals surface area contributed by atoms with Crippen LogP contribution in [0.4, 0.5) is 0 Å². The van der Waals surface area contributed by atoms with Crippen LogP contribution in [0, 0.1) is 0 Å². The highest BCUT2D eigenvalue weighted by Gasteiger charge is 2.27. The molecule has 0 fully saturated rings. The van der Waals surface area contributed by atoms with Crippen LogP contribution in [-0.4, -0.2) is 29.1 Å². The zero-order valence-electron chi connectivity index (χ0n) is 35.2. The predicted molar refractivity (Wildman–Crippen MR) is 263 cm³/mol. The molecular formula is C58H42N6. The van der Waals surface area contributed by atoms with E-state index in [0.717, 1.165) is 94.6 Å². The summed E-state index contributed by atoms with van der Waals surface area (Å²) in [6.07, 6.45) is 19.2. The smallest absolute Gasteiger partial charge is 0.235 e. The Morgan fingerprint density at radius 2 is 1.09 bits per heavy atom. The summed E-state index contributed by atoms with van der Waals surface area (Å²) in [6.45, 7) is 0. The number of para-hydroxylation sites is 2. The molecule has 64 heavy (non-hydrogen) atoms. The largest absolute Gasteiger partial charge is 0.278 e. The molecule has 10 aromatic rings. The zero-order chi connectivity index (χ0) is 42.1. The van der Waals surface area contributed by atoms with Crippen LogP contribution in [0.15, 0.2) is 182 Å². The summed E-state index contributed by atoms with van der Waals surface area (Å²) in [5.74, 6) is 1.37. The van der Waals surface area contributed by atoms with E-state index in [0.29, 0.717) is 11.9 Å². The summed E-state index contributed by atoms with van der Waals surface area (Å²) in [6, 6.07) is 52.2. The Hall–Kier alpha value is -7.96. The number of nitrogens with zero attached hydrogens (tertiary/aromatic N) is 6. The molecule has 0 amide bonds. The van der Waals surface area contributed by atoms with Crippen LogP contribution >= 0.6 is 0 Å². The molecule has 0 atom stereocenters. The maximum absolute atomic E-state index is 5.40. The van der Waals surface area contributed by atoms with Gasteiger partial charge in [0.25, 0.3) is 0 Å². The quantitative estimate of drug-likeness (QED) is 0.168. The molecule has 0 saturated heterocycles. The van der Waals surface area contributed by atoms with Gasteiger partial charge in [0.2, 0.25) is 11.9 Å². The average Bonchev–Trinajstić information content (AvgIpc) is 3.89. The highest BCUT2D eigenvalue weighted by Crippen LogP contribution is 2.45. The number of aryl methyl sites for hydroxylation is 2. The number of fused-ring (bicyclic) bond motifs is 10. The topological polar surface area (TPSA) is 61.4 Å². The summed E-state index contributed by atoms with van der Waals surface area (Å²) in [5.41, 5.74) is 17.9. The van der Waals surface area contributed by atoms with Crippen molar-refractivity contribution in [1.29, 1.82) is 0 Å². The van der Waals surface area contributed by atoms with Gasteiger partial charge in [0.15, 0.2) is 0 Å². The highest BCUT2D eigenvalue weighted by molar-refractivity contribution is 6.14. The van der Waals surface area contributed by atoms with Gasteiger partial charge in [-0.15, -0.1) is 0 Å². The molecule has 0 bridgehead atoms. The van der Waals surface area contributed by atoms with Gasteiger partial charge in [-0.05, 0) is 108 Å². The van der Waals surface area contributed by atoms with E-state index in [1.54, 1.807) is 0 Å². The Bertz CT molecular complexity index is 3600. The molecule has 304 valence electrons. The molecule has 13 rings (SSSR count). The monoisotopic (exact) mass is 822 g/mol. The van der Waals surface area contributed by atoms with Crippen molar-refractivity contribution in [2.24, 2.45) is 0 Å². The van der Waals surface area contributed by atoms with Gasteiger partial charge >= 0.3 is 0 Å². The summed E-state index contributed by atoms with van der Waals surface area (Å²) in [7, 11) is 0. The van der Waals surface area contributed by atoms with E-state index in [-0.39, 0.29) is 0 Å². The lowest BCUT2D eigenvalue weighted by Crippen LogP contribution is -2.10. The van der Waals surface area contributed by atoms with Crippen LogP contribution < -0.4 is 0 Å². The fourth-order valence-corrected chi connectivity index (χ4v) is 10.3. The molecule has 3 aliphatic carbocycles. The SMILES string of the molecule is C1=CCCC(c2cc(C3=CCCC=C3)nc(-n3c4ccccc4c4cc5c(cc43)-c3ccc4c6ccccc6n(-c6nc(-c7ccccc7)cc(-c7ccccc7)n6)c4c3CC5)n2)=C1. The van der Waals surface area contributed by atoms with Gasteiger partial charge in [0.05, 0.1) is 44.8 Å². The first-order chi connectivity index (χ1) is 31.7. The normalized spacial score (nSPS) is 14.6. The van der Waals surface area contributed by atoms with Gasteiger partial charge in [0.1, 0.15) is 0 Å². The van der Waals surface area contributed by atoms with E-state index in [1.165, 1.54) is 54.9 Å². The molecule has 6 heteroatoms. The second-order valence-corrected chi connectivity index (χ2v) is 17.1. The van der Waals surface area contributed by atoms with Gasteiger partial charge < -0.3 is 0 Å². The van der Waals surface area contributed by atoms with Crippen molar-refractivity contribution in [3.05, 3.63) is 205 Å². The van der Waals surface area contributed by atoms with Gasteiger partial charge in [-0.2, -0.15) is 0 Å². The van der Waals surface area contributed by atoms with Crippen molar-refractivity contribution in [3.63, 3.8) is 0 Å². The van der Waals surface area contributed by atoms with Crippen LogP contribution in [0.5, 0.6) is 0 Å². The Morgan fingerprint density at radius 3 is 1.81 bits per heavy atom. The van der Waals surface area contributed by atoms with Crippen molar-refractivity contribution in [1.82, 2.24) is 29.1 Å². The van der Waals surface area contributed by atoms with Gasteiger partial charge in [-0.25, -0.2) is 19.9 Å². The lowest BCUT2D eigenvalue weighted by atomic mass is 9.83. The second kappa shape index (κ2) is 14.8. The van der Waals surface area contributed by atoms with Crippen LogP contribution in [0.25, 0.3) is 100 Å². The van der Waals surface area contributed by atoms with Crippen LogP contribution in [-0.2, 0) is 12.8 Å². The number of rotatable bonds is 6. The van der Waals surface area contributed by atoms with Crippen molar-refractivity contribution in [2.45, 2.75) is 38.5 Å². The third kappa shape index (κ3) is 5.94. The van der Waals surface area contributed by atoms with Crippen LogP contribution in [0.2, 0.25) is 0 Å². The number of hydrogen-bond donors (Lipinski definition) is 0. The molecule has 0 radical (unpaired) electrons. The molecule has 6 aromatic carbocycles. The first-order valence-corrected chi connectivity index (χ1v) is 22.5. The number of hydrogen-bond acceptors (Lipinski definition) is 4. The molecule has 0 saturated carbocycles. The highest BCUT2D eigenvalue weighted by atomic mass is 15.2. The van der Waals surface area contributed by atoms with Crippen molar-refractivity contribution < 1.29 is 0 Å². The standard InChI is InChI=1S/C58H42N6/c1-5-17-37(18-6-1)49-35-50(38-19-7-2-8-20-38)60-57(59-49)63-53-27-15-14-26-44(53)48-33-41-29-30-45-42(47(41)34-55(48)63)31-32-46-43-25-13-16-28-54(43)64(56(45)46)58-61-51(39-21-9-3-10-22-39)36-52(62-58)40-23-11-4-12-24-40/h1,3-5,7,9-17,19-28,31-36H,2,6,8,18,29-30H2. The van der Waals surface area contributed by atoms with Gasteiger partial charge in [-0.1, -0.05) is 146 Å². The Balaban J connectivity index is 1.06. The van der Waals surface area contributed by atoms with E-state index in [9.17, 15) is 0 Å². The predicted octanol–water partition coefficient (Wildman–Crippen LogP) is 14.0. The van der Waals surface area contributed by atoms with Crippen molar-refractivity contribution in [3.8, 4) is 45.5 Å². The lowest BCUT2D eigenvalue weighted by molar-refractivity contribution is 0.930. The molecule has 4 heterocycles. The van der Waals surface area contributed by atoms with Crippen molar-refractivity contribution >= 4 is 54.8 Å². The Labute approximate surface area is 370 Å². The third-order valence-electron chi connectivity index (χ3n) is 13.4. The third-order valence-corrected chi connectivity index (χ3v) is 13.4. The maximum Gasteiger partial charge on any atom is 0.235 e. The first kappa shape index (κ1) is 36.7. The van der Waals surface area contributed by atoms with E-state index in [4.69, 9.17) is 19.9 Å². The summed E-state index contributed by atoms with van der Waals surface area (Å²) in [5, 5.41) is 4.83. The van der Waals surface area contributed by atoms with E-state index in [2.05, 4.69) is 191 Å². The summed E-state index contributed by atoms with van der Waals surface area (Å²) >= 11 is 0. The molecule has 0 N–H and O–H groups in total. The number of aromatic nitrogens is 6. The maximum atomic E-state index is 5.40. The Morgan fingerprint density at radius 1 is 0.438 bits per heavy atom. The van der Waals surface area contributed by atoms with E-state index < -0.39 is 0 Å². The fourth-order valence-electron chi connectivity index (χ4n) is 10.3. The molecule has 0 aliphatic heterocycles. The average molecular weight is 823 g/mol. The molecule has 0 unspecified atom stereocenters. The molecule has 3 aliphatic rings. The van der Waals surface area contributed by atoms with Crippen molar-refractivity contribution in [2.75, 3.05) is 0 Å². The van der Waals surface area contributed by atoms with E-state index in [1.807, 2.05) is 0 Å².